The number of hydrogen-bond donors (Lipinski definition) is 2. The first-order chi connectivity index (χ1) is 8.75. The van der Waals surface area contributed by atoms with E-state index in [1.165, 1.54) is 0 Å². The largest absolute Gasteiger partial charge is 0.481 e. The topological polar surface area (TPSA) is 69.6 Å². The predicted molar refractivity (Wildman–Crippen MR) is 73.8 cm³/mol. The molecule has 19 heavy (non-hydrogen) atoms. The molecule has 1 heterocycles. The minimum Gasteiger partial charge on any atom is -0.481 e. The van der Waals surface area contributed by atoms with Crippen molar-refractivity contribution < 1.29 is 14.7 Å². The van der Waals surface area contributed by atoms with Gasteiger partial charge in [0, 0.05) is 19.5 Å². The van der Waals surface area contributed by atoms with Gasteiger partial charge in [-0.2, -0.15) is 0 Å². The molecular weight excluding hydrogens is 244 g/mol. The minimum absolute atomic E-state index is 0.0442. The molecule has 2 atom stereocenters. The van der Waals surface area contributed by atoms with E-state index < -0.39 is 11.4 Å². The molecule has 2 unspecified atom stereocenters. The second-order valence-electron chi connectivity index (χ2n) is 6.28. The van der Waals surface area contributed by atoms with E-state index in [9.17, 15) is 14.7 Å². The number of nitrogens with one attached hydrogen (secondary N) is 1. The maximum absolute atomic E-state index is 11.9. The molecule has 110 valence electrons. The molecule has 0 aliphatic carbocycles. The Hall–Kier alpha value is -1.10. The van der Waals surface area contributed by atoms with Crippen LogP contribution in [0.3, 0.4) is 0 Å². The van der Waals surface area contributed by atoms with Gasteiger partial charge < -0.3 is 15.3 Å². The van der Waals surface area contributed by atoms with E-state index in [1.54, 1.807) is 6.92 Å². The molecule has 1 fully saturated rings. The van der Waals surface area contributed by atoms with Crippen LogP contribution in [0.15, 0.2) is 0 Å². The summed E-state index contributed by atoms with van der Waals surface area (Å²) < 4.78 is 0. The van der Waals surface area contributed by atoms with Crippen LogP contribution in [0.25, 0.3) is 0 Å². The van der Waals surface area contributed by atoms with Crippen LogP contribution in [-0.2, 0) is 9.59 Å². The van der Waals surface area contributed by atoms with Crippen LogP contribution < -0.4 is 5.32 Å². The zero-order chi connectivity index (χ0) is 14.6. The fourth-order valence-electron chi connectivity index (χ4n) is 2.37. The first-order valence-corrected chi connectivity index (χ1v) is 6.94. The average molecular weight is 270 g/mol. The quantitative estimate of drug-likeness (QED) is 0.760. The van der Waals surface area contributed by atoms with Gasteiger partial charge in [0.15, 0.2) is 0 Å². The van der Waals surface area contributed by atoms with E-state index in [1.807, 2.05) is 13.8 Å². The second kappa shape index (κ2) is 6.37. The third-order valence-corrected chi connectivity index (χ3v) is 4.37. The Morgan fingerprint density at radius 3 is 2.53 bits per heavy atom. The van der Waals surface area contributed by atoms with Crippen molar-refractivity contribution in [2.75, 3.05) is 26.7 Å². The monoisotopic (exact) mass is 270 g/mol. The molecule has 1 aliphatic heterocycles. The van der Waals surface area contributed by atoms with E-state index in [-0.39, 0.29) is 18.2 Å². The van der Waals surface area contributed by atoms with Gasteiger partial charge in [0.25, 0.3) is 0 Å². The Bertz CT molecular complexity index is 344. The first-order valence-electron chi connectivity index (χ1n) is 6.94. The molecular formula is C14H26N2O3. The second-order valence-corrected chi connectivity index (χ2v) is 6.28. The summed E-state index contributed by atoms with van der Waals surface area (Å²) in [6.45, 7) is 8.04. The molecule has 1 rings (SSSR count). The van der Waals surface area contributed by atoms with Gasteiger partial charge in [0.05, 0.1) is 5.41 Å². The summed E-state index contributed by atoms with van der Waals surface area (Å²) in [6.07, 6.45) is 1.14. The number of carbonyl (C=O) groups excluding carboxylic acids is 1. The van der Waals surface area contributed by atoms with E-state index in [2.05, 4.69) is 17.3 Å². The Balaban J connectivity index is 2.43. The van der Waals surface area contributed by atoms with Gasteiger partial charge >= 0.3 is 5.97 Å². The molecule has 0 aromatic heterocycles. The van der Waals surface area contributed by atoms with E-state index >= 15 is 0 Å². The molecule has 0 aromatic rings. The number of amides is 1. The van der Waals surface area contributed by atoms with Crippen molar-refractivity contribution in [2.45, 2.75) is 33.6 Å². The zero-order valence-corrected chi connectivity index (χ0v) is 12.4. The van der Waals surface area contributed by atoms with Crippen molar-refractivity contribution in [3.8, 4) is 0 Å². The third kappa shape index (κ3) is 4.20. The van der Waals surface area contributed by atoms with Crippen molar-refractivity contribution in [1.29, 1.82) is 0 Å². The summed E-state index contributed by atoms with van der Waals surface area (Å²) in [5, 5.41) is 12.2. The molecule has 0 saturated carbocycles. The molecule has 0 radical (unpaired) electrons. The molecule has 5 nitrogen and oxygen atoms in total. The van der Waals surface area contributed by atoms with Crippen molar-refractivity contribution in [3.63, 3.8) is 0 Å². The third-order valence-electron chi connectivity index (χ3n) is 4.37. The molecule has 1 saturated heterocycles. The van der Waals surface area contributed by atoms with Crippen LogP contribution in [-0.4, -0.2) is 48.6 Å². The summed E-state index contributed by atoms with van der Waals surface area (Å²) in [7, 11) is 2.07. The number of aliphatic carboxylic acids is 1. The zero-order valence-electron chi connectivity index (χ0n) is 12.4. The van der Waals surface area contributed by atoms with Gasteiger partial charge in [-0.25, -0.2) is 0 Å². The fraction of sp³-hybridized carbons (Fsp3) is 0.857. The van der Waals surface area contributed by atoms with Crippen molar-refractivity contribution >= 4 is 11.9 Å². The normalized spacial score (nSPS) is 23.3. The van der Waals surface area contributed by atoms with Crippen molar-refractivity contribution in [3.05, 3.63) is 0 Å². The van der Waals surface area contributed by atoms with Crippen LogP contribution >= 0.6 is 0 Å². The van der Waals surface area contributed by atoms with Crippen LogP contribution in [0.1, 0.15) is 33.6 Å². The Morgan fingerprint density at radius 1 is 1.47 bits per heavy atom. The lowest BCUT2D eigenvalue weighted by Crippen LogP contribution is -2.40. The van der Waals surface area contributed by atoms with E-state index in [4.69, 9.17) is 0 Å². The molecule has 0 aromatic carbocycles. The molecule has 1 aliphatic rings. The smallest absolute Gasteiger partial charge is 0.310 e. The number of carbonyl (C=O) groups is 2. The van der Waals surface area contributed by atoms with Gasteiger partial charge in [0.2, 0.25) is 5.91 Å². The summed E-state index contributed by atoms with van der Waals surface area (Å²) in [5.41, 5.74) is -0.990. The first kappa shape index (κ1) is 16.0. The standard InChI is InChI=1S/C14H26N2O3/c1-10(2)14(3,13(18)19)7-12(17)15-8-11-5-6-16(4)9-11/h10-11H,5-9H2,1-4H3,(H,15,17)(H,18,19). The van der Waals surface area contributed by atoms with E-state index in [0.717, 1.165) is 19.5 Å². The van der Waals surface area contributed by atoms with Crippen LogP contribution in [0.4, 0.5) is 0 Å². The number of nitrogens with zero attached hydrogens (tertiary/aromatic N) is 1. The maximum Gasteiger partial charge on any atom is 0.310 e. The SMILES string of the molecule is CC(C)C(C)(CC(=O)NCC1CCN(C)C1)C(=O)O. The van der Waals surface area contributed by atoms with Crippen LogP contribution in [0.5, 0.6) is 0 Å². The Kier molecular flexibility index (Phi) is 5.35. The fourth-order valence-corrected chi connectivity index (χ4v) is 2.37. The minimum atomic E-state index is -0.990. The van der Waals surface area contributed by atoms with Gasteiger partial charge in [-0.15, -0.1) is 0 Å². The van der Waals surface area contributed by atoms with Crippen molar-refractivity contribution in [2.24, 2.45) is 17.3 Å². The lowest BCUT2D eigenvalue weighted by atomic mass is 9.76. The lowest BCUT2D eigenvalue weighted by Gasteiger charge is -2.28. The Morgan fingerprint density at radius 2 is 2.11 bits per heavy atom. The van der Waals surface area contributed by atoms with Gasteiger partial charge in [-0.05, 0) is 38.8 Å². The van der Waals surface area contributed by atoms with Gasteiger partial charge in [-0.3, -0.25) is 9.59 Å². The number of rotatable bonds is 6. The number of likely N-dealkylation sites (tertiary alicyclic amines) is 1. The molecule has 0 bridgehead atoms. The number of hydrogen-bond acceptors (Lipinski definition) is 3. The highest BCUT2D eigenvalue weighted by Gasteiger charge is 2.38. The highest BCUT2D eigenvalue weighted by Crippen LogP contribution is 2.31. The van der Waals surface area contributed by atoms with E-state index in [0.29, 0.717) is 12.5 Å². The molecule has 0 spiro atoms. The highest BCUT2D eigenvalue weighted by molar-refractivity contribution is 5.84. The molecule has 2 N–H and O–H groups in total. The average Bonchev–Trinajstić information content (AvgIpc) is 2.72. The predicted octanol–water partition coefficient (Wildman–Crippen LogP) is 1.19. The molecule has 5 heteroatoms. The van der Waals surface area contributed by atoms with Gasteiger partial charge in [-0.1, -0.05) is 13.8 Å². The summed E-state index contributed by atoms with van der Waals surface area (Å²) in [5.74, 6) is -0.649. The van der Waals surface area contributed by atoms with Crippen LogP contribution in [0, 0.1) is 17.3 Å². The summed E-state index contributed by atoms with van der Waals surface area (Å²) in [4.78, 5) is 25.5. The van der Waals surface area contributed by atoms with Crippen LogP contribution in [0.2, 0.25) is 0 Å². The lowest BCUT2D eigenvalue weighted by molar-refractivity contribution is -0.153. The summed E-state index contributed by atoms with van der Waals surface area (Å²) >= 11 is 0. The number of carboxylic acid groups (broad SMARTS) is 1. The maximum atomic E-state index is 11.9. The number of carboxylic acids is 1. The van der Waals surface area contributed by atoms with Gasteiger partial charge in [0.1, 0.15) is 0 Å². The van der Waals surface area contributed by atoms with Crippen molar-refractivity contribution in [1.82, 2.24) is 10.2 Å². The Labute approximate surface area is 115 Å². The highest BCUT2D eigenvalue weighted by atomic mass is 16.4. The summed E-state index contributed by atoms with van der Waals surface area (Å²) in [6, 6.07) is 0. The molecule has 1 amide bonds.